The first-order valence-corrected chi connectivity index (χ1v) is 8.55. The standard InChI is InChI=1S/C18H29ClN2/c1-13(2)11-20-12-16-8-9-18(16)21(4)14(3)15-6-5-7-17(19)10-15/h5-7,10,13-14,16,18,20H,8-9,11-12H2,1-4H3. The van der Waals surface area contributed by atoms with Gasteiger partial charge in [0.25, 0.3) is 0 Å². The molecule has 3 heteroatoms. The van der Waals surface area contributed by atoms with Crippen LogP contribution in [0.25, 0.3) is 0 Å². The molecule has 0 radical (unpaired) electrons. The normalized spacial score (nSPS) is 23.4. The van der Waals surface area contributed by atoms with Crippen molar-refractivity contribution in [3.8, 4) is 0 Å². The Kier molecular flexibility index (Phi) is 6.09. The SMILES string of the molecule is CC(C)CNCC1CCC1N(C)C(C)c1cccc(Cl)c1. The summed E-state index contributed by atoms with van der Waals surface area (Å²) in [5, 5.41) is 4.44. The average molecular weight is 309 g/mol. The van der Waals surface area contributed by atoms with Crippen molar-refractivity contribution in [2.75, 3.05) is 20.1 Å². The van der Waals surface area contributed by atoms with Crippen LogP contribution in [0.3, 0.4) is 0 Å². The lowest BCUT2D eigenvalue weighted by molar-refractivity contribution is 0.0546. The molecule has 2 nitrogen and oxygen atoms in total. The minimum Gasteiger partial charge on any atom is -0.316 e. The number of rotatable bonds is 7. The summed E-state index contributed by atoms with van der Waals surface area (Å²) in [6, 6.07) is 9.37. The molecule has 0 heterocycles. The molecule has 0 saturated heterocycles. The van der Waals surface area contributed by atoms with Crippen molar-refractivity contribution in [1.29, 1.82) is 0 Å². The van der Waals surface area contributed by atoms with Gasteiger partial charge < -0.3 is 5.32 Å². The Morgan fingerprint density at radius 2 is 2.05 bits per heavy atom. The molecule has 0 spiro atoms. The maximum atomic E-state index is 6.12. The summed E-state index contributed by atoms with van der Waals surface area (Å²) in [5.41, 5.74) is 1.31. The fourth-order valence-electron chi connectivity index (χ4n) is 3.17. The third-order valence-electron chi connectivity index (χ3n) is 4.80. The molecule has 1 aliphatic rings. The molecular formula is C18H29ClN2. The molecule has 1 aromatic carbocycles. The predicted molar refractivity (Wildman–Crippen MR) is 91.8 cm³/mol. The summed E-state index contributed by atoms with van der Waals surface area (Å²) in [6.45, 7) is 9.08. The van der Waals surface area contributed by atoms with Gasteiger partial charge in [-0.05, 0) is 69.4 Å². The molecule has 1 aromatic rings. The van der Waals surface area contributed by atoms with Crippen LogP contribution in [-0.2, 0) is 0 Å². The molecule has 1 N–H and O–H groups in total. The van der Waals surface area contributed by atoms with Crippen molar-refractivity contribution in [3.63, 3.8) is 0 Å². The maximum absolute atomic E-state index is 6.12. The zero-order chi connectivity index (χ0) is 15.4. The second kappa shape index (κ2) is 7.62. The summed E-state index contributed by atoms with van der Waals surface area (Å²) in [7, 11) is 2.25. The molecule has 3 unspecified atom stereocenters. The fraction of sp³-hybridized carbons (Fsp3) is 0.667. The van der Waals surface area contributed by atoms with E-state index in [2.05, 4.69) is 50.2 Å². The van der Waals surface area contributed by atoms with Crippen LogP contribution in [0.5, 0.6) is 0 Å². The van der Waals surface area contributed by atoms with E-state index < -0.39 is 0 Å². The van der Waals surface area contributed by atoms with Gasteiger partial charge in [-0.3, -0.25) is 4.90 Å². The summed E-state index contributed by atoms with van der Waals surface area (Å²) >= 11 is 6.12. The first kappa shape index (κ1) is 16.8. The van der Waals surface area contributed by atoms with Gasteiger partial charge in [-0.25, -0.2) is 0 Å². The van der Waals surface area contributed by atoms with Crippen molar-refractivity contribution in [1.82, 2.24) is 10.2 Å². The molecule has 1 fully saturated rings. The van der Waals surface area contributed by atoms with Gasteiger partial charge in [0.1, 0.15) is 0 Å². The number of halogens is 1. The average Bonchev–Trinajstić information content (AvgIpc) is 2.41. The zero-order valence-electron chi connectivity index (χ0n) is 13.8. The first-order chi connectivity index (χ1) is 9.99. The quantitative estimate of drug-likeness (QED) is 0.805. The van der Waals surface area contributed by atoms with Gasteiger partial charge in [-0.15, -0.1) is 0 Å². The summed E-state index contributed by atoms with van der Waals surface area (Å²) < 4.78 is 0. The maximum Gasteiger partial charge on any atom is 0.0409 e. The molecule has 0 aliphatic heterocycles. The highest BCUT2D eigenvalue weighted by atomic mass is 35.5. The molecule has 3 atom stereocenters. The first-order valence-electron chi connectivity index (χ1n) is 8.17. The summed E-state index contributed by atoms with van der Waals surface area (Å²) in [5.74, 6) is 1.52. The highest BCUT2D eigenvalue weighted by molar-refractivity contribution is 6.30. The minimum absolute atomic E-state index is 0.418. The Bertz CT molecular complexity index is 447. The second-order valence-electron chi connectivity index (χ2n) is 6.85. The third-order valence-corrected chi connectivity index (χ3v) is 5.04. The number of hydrogen-bond acceptors (Lipinski definition) is 2. The zero-order valence-corrected chi connectivity index (χ0v) is 14.5. The second-order valence-corrected chi connectivity index (χ2v) is 7.29. The predicted octanol–water partition coefficient (Wildman–Crippen LogP) is 4.36. The van der Waals surface area contributed by atoms with Gasteiger partial charge in [0.05, 0.1) is 0 Å². The van der Waals surface area contributed by atoms with E-state index in [1.54, 1.807) is 0 Å². The van der Waals surface area contributed by atoms with E-state index in [4.69, 9.17) is 11.6 Å². The van der Waals surface area contributed by atoms with Crippen LogP contribution in [0.15, 0.2) is 24.3 Å². The molecule has 0 bridgehead atoms. The highest BCUT2D eigenvalue weighted by Gasteiger charge is 2.35. The van der Waals surface area contributed by atoms with Crippen LogP contribution in [0, 0.1) is 11.8 Å². The molecule has 1 saturated carbocycles. The van der Waals surface area contributed by atoms with Crippen LogP contribution in [0.4, 0.5) is 0 Å². The molecular weight excluding hydrogens is 280 g/mol. The Labute approximate surface area is 134 Å². The lowest BCUT2D eigenvalue weighted by Crippen LogP contribution is -2.49. The summed E-state index contributed by atoms with van der Waals surface area (Å²) in [4.78, 5) is 2.52. The van der Waals surface area contributed by atoms with Crippen LogP contribution in [0.1, 0.15) is 45.2 Å². The van der Waals surface area contributed by atoms with Crippen molar-refractivity contribution >= 4 is 11.6 Å². The summed E-state index contributed by atoms with van der Waals surface area (Å²) in [6.07, 6.45) is 2.66. The van der Waals surface area contributed by atoms with Crippen LogP contribution < -0.4 is 5.32 Å². The van der Waals surface area contributed by atoms with Crippen molar-refractivity contribution < 1.29 is 0 Å². The van der Waals surface area contributed by atoms with E-state index in [0.29, 0.717) is 12.1 Å². The lowest BCUT2D eigenvalue weighted by atomic mass is 9.77. The Morgan fingerprint density at radius 3 is 2.62 bits per heavy atom. The van der Waals surface area contributed by atoms with Gasteiger partial charge in [0, 0.05) is 17.1 Å². The topological polar surface area (TPSA) is 15.3 Å². The highest BCUT2D eigenvalue weighted by Crippen LogP contribution is 2.35. The largest absolute Gasteiger partial charge is 0.316 e. The van der Waals surface area contributed by atoms with Crippen molar-refractivity contribution in [2.24, 2.45) is 11.8 Å². The van der Waals surface area contributed by atoms with E-state index in [-0.39, 0.29) is 0 Å². The molecule has 2 rings (SSSR count). The van der Waals surface area contributed by atoms with Crippen molar-refractivity contribution in [3.05, 3.63) is 34.9 Å². The van der Waals surface area contributed by atoms with E-state index in [1.807, 2.05) is 12.1 Å². The van der Waals surface area contributed by atoms with E-state index in [0.717, 1.165) is 29.9 Å². The van der Waals surface area contributed by atoms with E-state index in [1.165, 1.54) is 18.4 Å². The number of nitrogens with one attached hydrogen (secondary N) is 1. The van der Waals surface area contributed by atoms with Crippen LogP contribution in [-0.4, -0.2) is 31.1 Å². The monoisotopic (exact) mass is 308 g/mol. The Hall–Kier alpha value is -0.570. The smallest absolute Gasteiger partial charge is 0.0409 e. The van der Waals surface area contributed by atoms with Gasteiger partial charge in [-0.1, -0.05) is 37.6 Å². The Morgan fingerprint density at radius 1 is 1.29 bits per heavy atom. The molecule has 118 valence electrons. The van der Waals surface area contributed by atoms with Gasteiger partial charge in [0.15, 0.2) is 0 Å². The minimum atomic E-state index is 0.418. The fourth-order valence-corrected chi connectivity index (χ4v) is 3.37. The van der Waals surface area contributed by atoms with E-state index >= 15 is 0 Å². The van der Waals surface area contributed by atoms with Crippen LogP contribution in [0.2, 0.25) is 5.02 Å². The van der Waals surface area contributed by atoms with Crippen LogP contribution >= 0.6 is 11.6 Å². The molecule has 0 aromatic heterocycles. The van der Waals surface area contributed by atoms with Gasteiger partial charge in [-0.2, -0.15) is 0 Å². The molecule has 1 aliphatic carbocycles. The van der Waals surface area contributed by atoms with E-state index in [9.17, 15) is 0 Å². The third kappa shape index (κ3) is 4.45. The van der Waals surface area contributed by atoms with Gasteiger partial charge >= 0.3 is 0 Å². The van der Waals surface area contributed by atoms with Crippen molar-refractivity contribution in [2.45, 2.75) is 45.7 Å². The number of nitrogens with zero attached hydrogens (tertiary/aromatic N) is 1. The number of benzene rings is 1. The number of hydrogen-bond donors (Lipinski definition) is 1. The Balaban J connectivity index is 1.89. The van der Waals surface area contributed by atoms with Gasteiger partial charge in [0.2, 0.25) is 0 Å². The molecule has 21 heavy (non-hydrogen) atoms. The lowest BCUT2D eigenvalue weighted by Gasteiger charge is -2.45. The molecule has 0 amide bonds.